The van der Waals surface area contributed by atoms with Crippen LogP contribution in [0.1, 0.15) is 44.0 Å². The van der Waals surface area contributed by atoms with Gasteiger partial charge in [0.2, 0.25) is 0 Å². The lowest BCUT2D eigenvalue weighted by molar-refractivity contribution is -0.156. The Balaban J connectivity index is 1.73. The standard InChI is InChI=1S/C17H22O4/c1-9-12-7-10(17(12,2)3)8-14(9)21-16(20)11-5-4-6-13(18)15(11)19/h4-6,9-10,12,14,18-19H,7-8H2,1-3H3/t9-,10+,12-,14-/m0/s1. The van der Waals surface area contributed by atoms with Crippen LogP contribution in [0.25, 0.3) is 0 Å². The van der Waals surface area contributed by atoms with Crippen LogP contribution in [0.4, 0.5) is 0 Å². The number of phenols is 2. The van der Waals surface area contributed by atoms with E-state index in [1.54, 1.807) is 0 Å². The van der Waals surface area contributed by atoms with Crippen molar-refractivity contribution < 1.29 is 19.7 Å². The van der Waals surface area contributed by atoms with Crippen molar-refractivity contribution >= 4 is 5.97 Å². The zero-order valence-electron chi connectivity index (χ0n) is 12.7. The molecule has 0 amide bonds. The Bertz CT molecular complexity index is 578. The molecule has 114 valence electrons. The van der Waals surface area contributed by atoms with Gasteiger partial charge >= 0.3 is 5.97 Å². The van der Waals surface area contributed by atoms with E-state index < -0.39 is 11.7 Å². The number of fused-ring (bicyclic) bond motifs is 2. The third-order valence-corrected chi connectivity index (χ3v) is 5.78. The molecule has 2 N–H and O–H groups in total. The second-order valence-corrected chi connectivity index (χ2v) is 7.07. The molecule has 0 spiro atoms. The van der Waals surface area contributed by atoms with Gasteiger partial charge in [-0.05, 0) is 48.1 Å². The number of carbonyl (C=O) groups is 1. The fourth-order valence-corrected chi connectivity index (χ4v) is 4.16. The zero-order chi connectivity index (χ0) is 15.4. The second kappa shape index (κ2) is 4.65. The highest BCUT2D eigenvalue weighted by Gasteiger charge is 2.57. The third kappa shape index (κ3) is 2.08. The summed E-state index contributed by atoms with van der Waals surface area (Å²) < 4.78 is 5.61. The first-order chi connectivity index (χ1) is 9.82. The molecular weight excluding hydrogens is 268 g/mol. The van der Waals surface area contributed by atoms with Crippen LogP contribution in [-0.2, 0) is 4.74 Å². The molecule has 0 aromatic heterocycles. The summed E-state index contributed by atoms with van der Waals surface area (Å²) in [4.78, 5) is 12.2. The molecule has 3 aliphatic rings. The quantitative estimate of drug-likeness (QED) is 0.647. The number of hydrogen-bond donors (Lipinski definition) is 2. The minimum Gasteiger partial charge on any atom is -0.504 e. The number of phenolic OH excluding ortho intramolecular Hbond substituents is 2. The van der Waals surface area contributed by atoms with Crippen molar-refractivity contribution in [3.63, 3.8) is 0 Å². The van der Waals surface area contributed by atoms with E-state index in [4.69, 9.17) is 4.74 Å². The summed E-state index contributed by atoms with van der Waals surface area (Å²) in [5.41, 5.74) is 0.371. The van der Waals surface area contributed by atoms with Crippen molar-refractivity contribution in [3.05, 3.63) is 23.8 Å². The lowest BCUT2D eigenvalue weighted by atomic mass is 9.45. The largest absolute Gasteiger partial charge is 0.504 e. The van der Waals surface area contributed by atoms with Crippen LogP contribution in [-0.4, -0.2) is 22.3 Å². The maximum absolute atomic E-state index is 12.2. The molecular formula is C17H22O4. The number of aromatic hydroxyl groups is 2. The Labute approximate surface area is 124 Å². The highest BCUT2D eigenvalue weighted by Crippen LogP contribution is 2.61. The SMILES string of the molecule is C[C@@H]1[C@@H](OC(=O)c2cccc(O)c2O)C[C@H]2C[C@@H]1C2(C)C. The van der Waals surface area contributed by atoms with Gasteiger partial charge in [0.25, 0.3) is 0 Å². The van der Waals surface area contributed by atoms with Gasteiger partial charge in [-0.3, -0.25) is 0 Å². The predicted molar refractivity (Wildman–Crippen MR) is 78.1 cm³/mol. The van der Waals surface area contributed by atoms with Crippen LogP contribution in [0.3, 0.4) is 0 Å². The predicted octanol–water partition coefficient (Wildman–Crippen LogP) is 3.33. The van der Waals surface area contributed by atoms with E-state index in [0.29, 0.717) is 23.2 Å². The summed E-state index contributed by atoms with van der Waals surface area (Å²) in [7, 11) is 0. The molecule has 4 nitrogen and oxygen atoms in total. The summed E-state index contributed by atoms with van der Waals surface area (Å²) in [5, 5.41) is 19.2. The summed E-state index contributed by atoms with van der Waals surface area (Å²) in [6, 6.07) is 4.33. The number of carbonyl (C=O) groups excluding carboxylic acids is 1. The molecule has 0 unspecified atom stereocenters. The normalized spacial score (nSPS) is 33.1. The topological polar surface area (TPSA) is 66.8 Å². The molecule has 1 aromatic rings. The molecule has 0 radical (unpaired) electrons. The molecule has 0 aliphatic heterocycles. The van der Waals surface area contributed by atoms with Crippen LogP contribution in [0.15, 0.2) is 18.2 Å². The highest BCUT2D eigenvalue weighted by atomic mass is 16.5. The summed E-state index contributed by atoms with van der Waals surface area (Å²) >= 11 is 0. The maximum Gasteiger partial charge on any atom is 0.342 e. The number of para-hydroxylation sites is 1. The molecule has 3 fully saturated rings. The van der Waals surface area contributed by atoms with Gasteiger partial charge < -0.3 is 14.9 Å². The molecule has 4 rings (SSSR count). The van der Waals surface area contributed by atoms with E-state index in [2.05, 4.69) is 20.8 Å². The van der Waals surface area contributed by atoms with E-state index >= 15 is 0 Å². The Morgan fingerprint density at radius 1 is 1.29 bits per heavy atom. The summed E-state index contributed by atoms with van der Waals surface area (Å²) in [6.07, 6.45) is 2.01. The molecule has 3 aliphatic carbocycles. The van der Waals surface area contributed by atoms with E-state index in [9.17, 15) is 15.0 Å². The van der Waals surface area contributed by atoms with Gasteiger partial charge in [-0.15, -0.1) is 0 Å². The van der Waals surface area contributed by atoms with Crippen molar-refractivity contribution in [2.24, 2.45) is 23.2 Å². The summed E-state index contributed by atoms with van der Waals surface area (Å²) in [6.45, 7) is 6.73. The average molecular weight is 290 g/mol. The van der Waals surface area contributed by atoms with Gasteiger partial charge in [0, 0.05) is 0 Å². The Hall–Kier alpha value is -1.71. The van der Waals surface area contributed by atoms with Gasteiger partial charge in [0.15, 0.2) is 11.5 Å². The molecule has 21 heavy (non-hydrogen) atoms. The van der Waals surface area contributed by atoms with Gasteiger partial charge in [-0.1, -0.05) is 26.8 Å². The number of ether oxygens (including phenoxy) is 1. The molecule has 4 atom stereocenters. The molecule has 2 bridgehead atoms. The first-order valence-electron chi connectivity index (χ1n) is 7.54. The van der Waals surface area contributed by atoms with Crippen molar-refractivity contribution in [1.29, 1.82) is 0 Å². The van der Waals surface area contributed by atoms with E-state index in [1.807, 2.05) is 0 Å². The smallest absolute Gasteiger partial charge is 0.342 e. The molecule has 1 aromatic carbocycles. The first-order valence-corrected chi connectivity index (χ1v) is 7.54. The second-order valence-electron chi connectivity index (χ2n) is 7.07. The Morgan fingerprint density at radius 2 is 2.00 bits per heavy atom. The van der Waals surface area contributed by atoms with Crippen LogP contribution in [0.5, 0.6) is 11.5 Å². The third-order valence-electron chi connectivity index (χ3n) is 5.78. The maximum atomic E-state index is 12.2. The molecule has 4 heteroatoms. The van der Waals surface area contributed by atoms with Crippen molar-refractivity contribution in [3.8, 4) is 11.5 Å². The van der Waals surface area contributed by atoms with E-state index in [-0.39, 0.29) is 17.4 Å². The number of benzene rings is 1. The van der Waals surface area contributed by atoms with E-state index in [0.717, 1.165) is 6.42 Å². The molecule has 3 saturated carbocycles. The van der Waals surface area contributed by atoms with E-state index in [1.165, 1.54) is 24.6 Å². The van der Waals surface area contributed by atoms with Gasteiger partial charge in [0.05, 0.1) is 0 Å². The Kier molecular flexibility index (Phi) is 3.15. The highest BCUT2D eigenvalue weighted by molar-refractivity contribution is 5.93. The number of hydrogen-bond acceptors (Lipinski definition) is 4. The van der Waals surface area contributed by atoms with Crippen molar-refractivity contribution in [1.82, 2.24) is 0 Å². The molecule has 0 saturated heterocycles. The Morgan fingerprint density at radius 3 is 2.62 bits per heavy atom. The van der Waals surface area contributed by atoms with Crippen LogP contribution >= 0.6 is 0 Å². The fourth-order valence-electron chi connectivity index (χ4n) is 4.16. The van der Waals surface area contributed by atoms with Gasteiger partial charge in [-0.25, -0.2) is 4.79 Å². The van der Waals surface area contributed by atoms with Gasteiger partial charge in [0.1, 0.15) is 11.7 Å². The van der Waals surface area contributed by atoms with Crippen molar-refractivity contribution in [2.45, 2.75) is 39.7 Å². The van der Waals surface area contributed by atoms with Crippen LogP contribution < -0.4 is 0 Å². The number of esters is 1. The van der Waals surface area contributed by atoms with Crippen molar-refractivity contribution in [2.75, 3.05) is 0 Å². The first kappa shape index (κ1) is 14.2. The lowest BCUT2D eigenvalue weighted by Gasteiger charge is -2.61. The van der Waals surface area contributed by atoms with Crippen LogP contribution in [0, 0.1) is 23.2 Å². The minimum absolute atomic E-state index is 0.0284. The van der Waals surface area contributed by atoms with Crippen LogP contribution in [0.2, 0.25) is 0 Å². The lowest BCUT2D eigenvalue weighted by Crippen LogP contribution is -2.57. The minimum atomic E-state index is -0.556. The number of rotatable bonds is 2. The fraction of sp³-hybridized carbons (Fsp3) is 0.588. The molecule has 0 heterocycles. The average Bonchev–Trinajstić information content (AvgIpc) is 2.43. The zero-order valence-corrected chi connectivity index (χ0v) is 12.7. The summed E-state index contributed by atoms with van der Waals surface area (Å²) in [5.74, 6) is 0.260. The monoisotopic (exact) mass is 290 g/mol. The van der Waals surface area contributed by atoms with Gasteiger partial charge in [-0.2, -0.15) is 0 Å².